The van der Waals surface area contributed by atoms with Crippen LogP contribution < -0.4 is 5.56 Å². The standard InChI is InChI=1S/C5H4BrNOS/c6-3-1-4(9)5(8)7-2-3/h1-2,9H,(H,7,8). The summed E-state index contributed by atoms with van der Waals surface area (Å²) in [6.45, 7) is 0. The van der Waals surface area contributed by atoms with Gasteiger partial charge < -0.3 is 4.98 Å². The molecule has 2 nitrogen and oxygen atoms in total. The lowest BCUT2D eigenvalue weighted by Crippen LogP contribution is -2.04. The highest BCUT2D eigenvalue weighted by Crippen LogP contribution is 2.08. The molecule has 0 saturated heterocycles. The van der Waals surface area contributed by atoms with Gasteiger partial charge in [-0.3, -0.25) is 4.79 Å². The molecule has 1 heterocycles. The van der Waals surface area contributed by atoms with Crippen molar-refractivity contribution in [3.8, 4) is 0 Å². The number of H-pyrrole nitrogens is 1. The first-order chi connectivity index (χ1) is 4.20. The Balaban J connectivity index is 3.34. The van der Waals surface area contributed by atoms with Crippen molar-refractivity contribution < 1.29 is 0 Å². The van der Waals surface area contributed by atoms with Gasteiger partial charge in [-0.2, -0.15) is 0 Å². The molecule has 1 aromatic rings. The zero-order valence-electron chi connectivity index (χ0n) is 4.39. The Morgan fingerprint density at radius 2 is 2.33 bits per heavy atom. The topological polar surface area (TPSA) is 32.9 Å². The summed E-state index contributed by atoms with van der Waals surface area (Å²) in [6, 6.07) is 1.64. The predicted molar refractivity (Wildman–Crippen MR) is 42.0 cm³/mol. The molecule has 0 atom stereocenters. The molecular formula is C5H4BrNOS. The molecule has 0 bridgehead atoms. The maximum absolute atomic E-state index is 10.6. The van der Waals surface area contributed by atoms with Crippen LogP contribution in [0.3, 0.4) is 0 Å². The molecule has 0 aliphatic heterocycles. The number of aromatic nitrogens is 1. The van der Waals surface area contributed by atoms with E-state index in [1.54, 1.807) is 12.3 Å². The predicted octanol–water partition coefficient (Wildman–Crippen LogP) is 1.43. The molecule has 48 valence electrons. The number of thiol groups is 1. The smallest absolute Gasteiger partial charge is 0.261 e. The first-order valence-corrected chi connectivity index (χ1v) is 3.51. The van der Waals surface area contributed by atoms with Gasteiger partial charge in [0.25, 0.3) is 5.56 Å². The number of rotatable bonds is 0. The number of halogens is 1. The summed E-state index contributed by atoms with van der Waals surface area (Å²) < 4.78 is 0.826. The minimum atomic E-state index is -0.165. The minimum absolute atomic E-state index is 0.165. The van der Waals surface area contributed by atoms with Crippen LogP contribution in [0.2, 0.25) is 0 Å². The molecule has 4 heteroatoms. The SMILES string of the molecule is O=c1[nH]cc(Br)cc1S. The maximum Gasteiger partial charge on any atom is 0.261 e. The Morgan fingerprint density at radius 3 is 2.78 bits per heavy atom. The summed E-state index contributed by atoms with van der Waals surface area (Å²) in [6.07, 6.45) is 1.57. The molecule has 0 unspecified atom stereocenters. The fourth-order valence-corrected chi connectivity index (χ4v) is 1.17. The average Bonchev–Trinajstić information content (AvgIpc) is 1.80. The van der Waals surface area contributed by atoms with Gasteiger partial charge in [0.15, 0.2) is 0 Å². The van der Waals surface area contributed by atoms with E-state index < -0.39 is 0 Å². The zero-order chi connectivity index (χ0) is 6.85. The van der Waals surface area contributed by atoms with Crippen molar-refractivity contribution in [3.63, 3.8) is 0 Å². The molecule has 0 fully saturated rings. The van der Waals surface area contributed by atoms with Gasteiger partial charge in [0.1, 0.15) is 0 Å². The molecule has 9 heavy (non-hydrogen) atoms. The number of aromatic amines is 1. The molecule has 1 aromatic heterocycles. The minimum Gasteiger partial charge on any atom is -0.327 e. The van der Waals surface area contributed by atoms with Crippen molar-refractivity contribution in [2.75, 3.05) is 0 Å². The van der Waals surface area contributed by atoms with E-state index >= 15 is 0 Å². The van der Waals surface area contributed by atoms with Crippen molar-refractivity contribution in [1.82, 2.24) is 4.98 Å². The van der Waals surface area contributed by atoms with Gasteiger partial charge >= 0.3 is 0 Å². The van der Waals surface area contributed by atoms with E-state index in [4.69, 9.17) is 0 Å². The Morgan fingerprint density at radius 1 is 1.67 bits per heavy atom. The van der Waals surface area contributed by atoms with Gasteiger partial charge in [-0.1, -0.05) is 0 Å². The summed E-state index contributed by atoms with van der Waals surface area (Å²) >= 11 is 7.07. The van der Waals surface area contributed by atoms with E-state index in [0.717, 1.165) is 4.47 Å². The van der Waals surface area contributed by atoms with Crippen LogP contribution in [0.1, 0.15) is 0 Å². The summed E-state index contributed by atoms with van der Waals surface area (Å²) in [5, 5.41) is 0. The van der Waals surface area contributed by atoms with Crippen LogP contribution in [0.4, 0.5) is 0 Å². The maximum atomic E-state index is 10.6. The van der Waals surface area contributed by atoms with Crippen LogP contribution >= 0.6 is 28.6 Å². The lowest BCUT2D eigenvalue weighted by Gasteiger charge is -1.88. The van der Waals surface area contributed by atoms with Gasteiger partial charge in [0.2, 0.25) is 0 Å². The quantitative estimate of drug-likeness (QED) is 0.618. The Bertz CT molecular complexity index is 270. The van der Waals surface area contributed by atoms with Crippen LogP contribution in [0.25, 0.3) is 0 Å². The molecule has 0 radical (unpaired) electrons. The highest BCUT2D eigenvalue weighted by atomic mass is 79.9. The summed E-state index contributed by atoms with van der Waals surface area (Å²) in [7, 11) is 0. The first kappa shape index (κ1) is 6.89. The van der Waals surface area contributed by atoms with Crippen LogP contribution in [0, 0.1) is 0 Å². The second-order valence-corrected chi connectivity index (χ2v) is 2.93. The largest absolute Gasteiger partial charge is 0.327 e. The van der Waals surface area contributed by atoms with Crippen molar-refractivity contribution in [2.24, 2.45) is 0 Å². The zero-order valence-corrected chi connectivity index (χ0v) is 6.87. The third-order valence-corrected chi connectivity index (χ3v) is 1.64. The van der Waals surface area contributed by atoms with Gasteiger partial charge in [-0.25, -0.2) is 0 Å². The Kier molecular flexibility index (Phi) is 1.97. The molecule has 1 N–H and O–H groups in total. The van der Waals surface area contributed by atoms with Crippen molar-refractivity contribution >= 4 is 28.6 Å². The van der Waals surface area contributed by atoms with Crippen LogP contribution in [0.15, 0.2) is 26.4 Å². The molecule has 0 spiro atoms. The molecule has 0 aromatic carbocycles. The third kappa shape index (κ3) is 1.59. The van der Waals surface area contributed by atoms with Gasteiger partial charge in [0, 0.05) is 10.7 Å². The second-order valence-electron chi connectivity index (χ2n) is 1.53. The van der Waals surface area contributed by atoms with E-state index in [-0.39, 0.29) is 5.56 Å². The van der Waals surface area contributed by atoms with Crippen molar-refractivity contribution in [1.29, 1.82) is 0 Å². The first-order valence-electron chi connectivity index (χ1n) is 2.27. The number of nitrogens with one attached hydrogen (secondary N) is 1. The fraction of sp³-hybridized carbons (Fsp3) is 0. The van der Waals surface area contributed by atoms with Gasteiger partial charge in [0.05, 0.1) is 4.90 Å². The van der Waals surface area contributed by atoms with E-state index in [2.05, 4.69) is 33.5 Å². The van der Waals surface area contributed by atoms with E-state index in [1.165, 1.54) is 0 Å². The highest BCUT2D eigenvalue weighted by Gasteiger charge is 1.91. The van der Waals surface area contributed by atoms with Crippen LogP contribution in [0.5, 0.6) is 0 Å². The molecule has 0 amide bonds. The molecule has 1 rings (SSSR count). The number of pyridine rings is 1. The summed E-state index contributed by atoms with van der Waals surface area (Å²) in [5.41, 5.74) is -0.165. The molecule has 0 aliphatic rings. The van der Waals surface area contributed by atoms with Crippen LogP contribution in [-0.2, 0) is 0 Å². The van der Waals surface area contributed by atoms with E-state index in [9.17, 15) is 4.79 Å². The third-order valence-electron chi connectivity index (χ3n) is 0.848. The van der Waals surface area contributed by atoms with Crippen molar-refractivity contribution in [2.45, 2.75) is 4.90 Å². The Hall–Kier alpha value is -0.220. The van der Waals surface area contributed by atoms with Crippen LogP contribution in [-0.4, -0.2) is 4.98 Å². The van der Waals surface area contributed by atoms with Crippen molar-refractivity contribution in [3.05, 3.63) is 27.1 Å². The molecular weight excluding hydrogens is 202 g/mol. The summed E-state index contributed by atoms with van der Waals surface area (Å²) in [5.74, 6) is 0. The van der Waals surface area contributed by atoms with E-state index in [0.29, 0.717) is 4.90 Å². The number of hydrogen-bond donors (Lipinski definition) is 2. The van der Waals surface area contributed by atoms with Gasteiger partial charge in [-0.05, 0) is 22.0 Å². The molecule has 0 aliphatic carbocycles. The normalized spacial score (nSPS) is 9.56. The summed E-state index contributed by atoms with van der Waals surface area (Å²) in [4.78, 5) is 13.5. The Labute approximate surface area is 65.8 Å². The highest BCUT2D eigenvalue weighted by molar-refractivity contribution is 9.10. The lowest BCUT2D eigenvalue weighted by atomic mass is 10.5. The van der Waals surface area contributed by atoms with E-state index in [1.807, 2.05) is 0 Å². The molecule has 0 saturated carbocycles. The monoisotopic (exact) mass is 205 g/mol. The average molecular weight is 206 g/mol. The second kappa shape index (κ2) is 2.58. The van der Waals surface area contributed by atoms with Gasteiger partial charge in [-0.15, -0.1) is 12.6 Å². The lowest BCUT2D eigenvalue weighted by molar-refractivity contribution is 1.13. The number of hydrogen-bond acceptors (Lipinski definition) is 2. The fourth-order valence-electron chi connectivity index (χ4n) is 0.446.